The van der Waals surface area contributed by atoms with E-state index in [0.29, 0.717) is 31.6 Å². The van der Waals surface area contributed by atoms with Gasteiger partial charge in [-0.25, -0.2) is 4.98 Å². The monoisotopic (exact) mass is 383 g/mol. The smallest absolute Gasteiger partial charge is 0.308 e. The Bertz CT molecular complexity index is 982. The van der Waals surface area contributed by atoms with Crippen LogP contribution in [-0.2, 0) is 9.53 Å². The van der Waals surface area contributed by atoms with E-state index in [-0.39, 0.29) is 17.8 Å². The molecule has 0 bridgehead atoms. The van der Waals surface area contributed by atoms with E-state index in [1.807, 2.05) is 33.0 Å². The van der Waals surface area contributed by atoms with Gasteiger partial charge in [0.15, 0.2) is 4.96 Å². The van der Waals surface area contributed by atoms with Crippen molar-refractivity contribution >= 4 is 28.2 Å². The van der Waals surface area contributed by atoms with Gasteiger partial charge in [0.25, 0.3) is 5.91 Å². The van der Waals surface area contributed by atoms with Crippen LogP contribution in [0.25, 0.3) is 16.2 Å². The molecule has 1 amide bonds. The fourth-order valence-corrected chi connectivity index (χ4v) is 4.30. The number of esters is 1. The summed E-state index contributed by atoms with van der Waals surface area (Å²) in [5.41, 5.74) is 3.72. The molecule has 27 heavy (non-hydrogen) atoms. The van der Waals surface area contributed by atoms with Crippen molar-refractivity contribution in [2.24, 2.45) is 5.92 Å². The van der Waals surface area contributed by atoms with Crippen molar-refractivity contribution < 1.29 is 14.3 Å². The number of hydrogen-bond donors (Lipinski definition) is 0. The van der Waals surface area contributed by atoms with E-state index in [0.717, 1.165) is 16.2 Å². The predicted molar refractivity (Wildman–Crippen MR) is 104 cm³/mol. The first-order valence-electron chi connectivity index (χ1n) is 8.97. The second kappa shape index (κ2) is 7.15. The van der Waals surface area contributed by atoms with Crippen molar-refractivity contribution in [3.05, 3.63) is 47.1 Å². The number of aryl methyl sites for hydroxylation is 1. The van der Waals surface area contributed by atoms with Gasteiger partial charge in [0.2, 0.25) is 0 Å². The largest absolute Gasteiger partial charge is 0.469 e. The molecule has 0 N–H and O–H groups in total. The number of piperidine rings is 1. The van der Waals surface area contributed by atoms with Gasteiger partial charge in [-0.2, -0.15) is 0 Å². The number of hydrogen-bond acceptors (Lipinski definition) is 5. The molecule has 0 saturated carbocycles. The first-order valence-corrected chi connectivity index (χ1v) is 9.85. The van der Waals surface area contributed by atoms with Gasteiger partial charge in [0.1, 0.15) is 5.69 Å². The Morgan fingerprint density at radius 1 is 1.19 bits per heavy atom. The van der Waals surface area contributed by atoms with Crippen molar-refractivity contribution in [1.29, 1.82) is 0 Å². The van der Waals surface area contributed by atoms with Gasteiger partial charge in [-0.1, -0.05) is 29.8 Å². The zero-order valence-corrected chi connectivity index (χ0v) is 16.2. The van der Waals surface area contributed by atoms with E-state index < -0.39 is 0 Å². The number of benzene rings is 1. The molecule has 0 spiro atoms. The highest BCUT2D eigenvalue weighted by Crippen LogP contribution is 2.26. The third-order valence-electron chi connectivity index (χ3n) is 5.09. The Morgan fingerprint density at radius 2 is 1.89 bits per heavy atom. The minimum absolute atomic E-state index is 0.0163. The molecule has 0 atom stereocenters. The Morgan fingerprint density at radius 3 is 2.56 bits per heavy atom. The van der Waals surface area contributed by atoms with Crippen LogP contribution in [0.3, 0.4) is 0 Å². The summed E-state index contributed by atoms with van der Waals surface area (Å²) in [7, 11) is 1.41. The number of likely N-dealkylation sites (tertiary alicyclic amines) is 1. The van der Waals surface area contributed by atoms with Crippen molar-refractivity contribution in [2.45, 2.75) is 19.8 Å². The lowest BCUT2D eigenvalue weighted by atomic mass is 9.97. The fraction of sp³-hybridized carbons (Fsp3) is 0.350. The van der Waals surface area contributed by atoms with Crippen molar-refractivity contribution in [3.63, 3.8) is 0 Å². The van der Waals surface area contributed by atoms with E-state index >= 15 is 0 Å². The van der Waals surface area contributed by atoms with Gasteiger partial charge in [-0.05, 0) is 19.8 Å². The van der Waals surface area contributed by atoms with E-state index in [1.165, 1.54) is 24.0 Å². The van der Waals surface area contributed by atoms with Gasteiger partial charge < -0.3 is 9.64 Å². The molecular formula is C20H21N3O3S. The van der Waals surface area contributed by atoms with E-state index in [9.17, 15) is 9.59 Å². The lowest BCUT2D eigenvalue weighted by Gasteiger charge is -2.30. The first-order chi connectivity index (χ1) is 13.1. The summed E-state index contributed by atoms with van der Waals surface area (Å²) in [5, 5.41) is 1.86. The summed E-state index contributed by atoms with van der Waals surface area (Å²) in [6.07, 6.45) is 3.21. The number of imidazole rings is 1. The number of ether oxygens (including phenoxy) is 1. The van der Waals surface area contributed by atoms with Crippen LogP contribution in [0, 0.1) is 12.8 Å². The first kappa shape index (κ1) is 17.7. The zero-order valence-electron chi connectivity index (χ0n) is 15.3. The van der Waals surface area contributed by atoms with Crippen molar-refractivity contribution in [2.75, 3.05) is 20.2 Å². The van der Waals surface area contributed by atoms with Gasteiger partial charge in [0, 0.05) is 30.2 Å². The second-order valence-electron chi connectivity index (χ2n) is 6.86. The number of thiazole rings is 1. The lowest BCUT2D eigenvalue weighted by molar-refractivity contribution is -0.146. The molecule has 1 aromatic carbocycles. The molecule has 7 heteroatoms. The number of nitrogens with zero attached hydrogens (tertiary/aromatic N) is 3. The quantitative estimate of drug-likeness (QED) is 0.651. The molecule has 0 unspecified atom stereocenters. The van der Waals surface area contributed by atoms with Crippen LogP contribution < -0.4 is 0 Å². The van der Waals surface area contributed by atoms with Crippen LogP contribution in [0.5, 0.6) is 0 Å². The Hall–Kier alpha value is -2.67. The predicted octanol–water partition coefficient (Wildman–Crippen LogP) is 3.40. The maximum atomic E-state index is 13.0. The molecule has 1 aliphatic rings. The summed E-state index contributed by atoms with van der Waals surface area (Å²) in [6, 6.07) is 8.20. The summed E-state index contributed by atoms with van der Waals surface area (Å²) < 4.78 is 6.68. The van der Waals surface area contributed by atoms with Gasteiger partial charge in [0.05, 0.1) is 18.7 Å². The highest BCUT2D eigenvalue weighted by molar-refractivity contribution is 7.15. The maximum absolute atomic E-state index is 13.0. The van der Waals surface area contributed by atoms with E-state index in [4.69, 9.17) is 4.74 Å². The lowest BCUT2D eigenvalue weighted by Crippen LogP contribution is -2.40. The number of fused-ring (bicyclic) bond motifs is 1. The SMILES string of the molecule is COC(=O)C1CCN(C(=O)c2csc3nc(-c4ccc(C)cc4)cn23)CC1. The highest BCUT2D eigenvalue weighted by atomic mass is 32.1. The van der Waals surface area contributed by atoms with Crippen LogP contribution in [0.4, 0.5) is 0 Å². The molecule has 0 aliphatic carbocycles. The van der Waals surface area contributed by atoms with Crippen LogP contribution in [-0.4, -0.2) is 46.4 Å². The minimum atomic E-state index is -0.183. The highest BCUT2D eigenvalue weighted by Gasteiger charge is 2.29. The number of carbonyl (C=O) groups is 2. The van der Waals surface area contributed by atoms with Crippen molar-refractivity contribution in [1.82, 2.24) is 14.3 Å². The Labute approximate surface area is 161 Å². The van der Waals surface area contributed by atoms with Crippen LogP contribution >= 0.6 is 11.3 Å². The molecule has 140 valence electrons. The maximum Gasteiger partial charge on any atom is 0.308 e. The molecule has 2 aromatic heterocycles. The number of methoxy groups -OCH3 is 1. The van der Waals surface area contributed by atoms with Crippen molar-refractivity contribution in [3.8, 4) is 11.3 Å². The zero-order chi connectivity index (χ0) is 19.0. The van der Waals surface area contributed by atoms with E-state index in [2.05, 4.69) is 24.0 Å². The molecular weight excluding hydrogens is 362 g/mol. The average molecular weight is 383 g/mol. The third kappa shape index (κ3) is 3.35. The van der Waals surface area contributed by atoms with Gasteiger partial charge >= 0.3 is 5.97 Å². The molecule has 3 aromatic rings. The van der Waals surface area contributed by atoms with Crippen LogP contribution in [0.15, 0.2) is 35.8 Å². The topological polar surface area (TPSA) is 63.9 Å². The summed E-state index contributed by atoms with van der Waals surface area (Å²) in [4.78, 5) is 31.9. The molecule has 3 heterocycles. The van der Waals surface area contributed by atoms with E-state index in [1.54, 1.807) is 0 Å². The fourth-order valence-electron chi connectivity index (χ4n) is 3.45. The number of rotatable bonds is 3. The molecule has 1 saturated heterocycles. The van der Waals surface area contributed by atoms with Gasteiger partial charge in [-0.15, -0.1) is 11.3 Å². The minimum Gasteiger partial charge on any atom is -0.469 e. The van der Waals surface area contributed by atoms with Gasteiger partial charge in [-0.3, -0.25) is 14.0 Å². The Balaban J connectivity index is 1.54. The molecule has 1 fully saturated rings. The second-order valence-corrected chi connectivity index (χ2v) is 7.69. The molecule has 6 nitrogen and oxygen atoms in total. The summed E-state index contributed by atoms with van der Waals surface area (Å²) >= 11 is 1.46. The number of carbonyl (C=O) groups excluding carboxylic acids is 2. The molecule has 0 radical (unpaired) electrons. The average Bonchev–Trinajstić information content (AvgIpc) is 3.28. The van der Waals surface area contributed by atoms with Crippen LogP contribution in [0.2, 0.25) is 0 Å². The molecule has 4 rings (SSSR count). The standard InChI is InChI=1S/C20H21N3O3S/c1-13-3-5-14(6-4-13)16-11-23-17(12-27-20(23)21-16)18(24)22-9-7-15(8-10-22)19(25)26-2/h3-6,11-12,15H,7-10H2,1-2H3. The third-order valence-corrected chi connectivity index (χ3v) is 5.93. The number of aromatic nitrogens is 2. The van der Waals surface area contributed by atoms with Crippen LogP contribution in [0.1, 0.15) is 28.9 Å². The normalized spacial score (nSPS) is 15.3. The summed E-state index contributed by atoms with van der Waals surface area (Å²) in [5.74, 6) is -0.308. The Kier molecular flexibility index (Phi) is 4.70. The molecule has 1 aliphatic heterocycles. The summed E-state index contributed by atoms with van der Waals surface area (Å²) in [6.45, 7) is 3.18. The number of amides is 1.